The Labute approximate surface area is 122 Å². The third-order valence-corrected chi connectivity index (χ3v) is 4.22. The number of aromatic nitrogens is 2. The molecule has 0 spiro atoms. The Bertz CT molecular complexity index is 524. The third-order valence-electron chi connectivity index (χ3n) is 3.93. The molecule has 7 heteroatoms. The van der Waals surface area contributed by atoms with E-state index in [0.29, 0.717) is 36.4 Å². The number of hydrogen-bond donors (Lipinski definition) is 1. The maximum Gasteiger partial charge on any atom is 0.292 e. The monoisotopic (exact) mass is 298 g/mol. The van der Waals surface area contributed by atoms with Crippen LogP contribution in [-0.2, 0) is 11.3 Å². The number of nitrogens with one attached hydrogen (secondary N) is 1. The molecule has 0 atom stereocenters. The van der Waals surface area contributed by atoms with Crippen LogP contribution in [0.25, 0.3) is 0 Å². The lowest BCUT2D eigenvalue weighted by atomic mass is 9.85. The molecule has 1 saturated carbocycles. The van der Waals surface area contributed by atoms with Gasteiger partial charge in [-0.05, 0) is 18.8 Å². The highest BCUT2D eigenvalue weighted by Gasteiger charge is 2.21. The molecule has 0 unspecified atom stereocenters. The molecule has 0 aromatic carbocycles. The zero-order valence-electron chi connectivity index (χ0n) is 11.3. The van der Waals surface area contributed by atoms with Crippen molar-refractivity contribution in [3.05, 3.63) is 21.6 Å². The standard InChI is InChI=1S/C13H19ClN4O2/c14-11-8-15-18(9-10-2-1-3-10)13(19)12(11)16-17-4-6-20-7-5-17/h8,10,16H,1-7,9H2. The largest absolute Gasteiger partial charge is 0.379 e. The van der Waals surface area contributed by atoms with Crippen LogP contribution in [0, 0.1) is 5.92 Å². The highest BCUT2D eigenvalue weighted by molar-refractivity contribution is 6.32. The maximum atomic E-state index is 12.4. The number of rotatable bonds is 4. The average Bonchev–Trinajstić information content (AvgIpc) is 2.42. The molecule has 6 nitrogen and oxygen atoms in total. The number of ether oxygens (including phenoxy) is 1. The molecule has 1 aromatic heterocycles. The van der Waals surface area contributed by atoms with Crippen molar-refractivity contribution in [1.82, 2.24) is 14.8 Å². The summed E-state index contributed by atoms with van der Waals surface area (Å²) in [6.45, 7) is 3.48. The summed E-state index contributed by atoms with van der Waals surface area (Å²) in [5.41, 5.74) is 3.39. The zero-order chi connectivity index (χ0) is 13.9. The van der Waals surface area contributed by atoms with Gasteiger partial charge in [0.05, 0.1) is 24.4 Å². The van der Waals surface area contributed by atoms with Crippen LogP contribution in [0.3, 0.4) is 0 Å². The SMILES string of the molecule is O=c1c(NN2CCOCC2)c(Cl)cnn1CC1CCC1. The van der Waals surface area contributed by atoms with Crippen molar-refractivity contribution in [2.75, 3.05) is 31.7 Å². The van der Waals surface area contributed by atoms with Crippen LogP contribution in [0.4, 0.5) is 5.69 Å². The Morgan fingerprint density at radius 1 is 1.40 bits per heavy atom. The summed E-state index contributed by atoms with van der Waals surface area (Å²) in [6.07, 6.45) is 5.17. The molecule has 1 saturated heterocycles. The van der Waals surface area contributed by atoms with Crippen LogP contribution in [0.5, 0.6) is 0 Å². The summed E-state index contributed by atoms with van der Waals surface area (Å²) in [6, 6.07) is 0. The van der Waals surface area contributed by atoms with Gasteiger partial charge in [-0.15, -0.1) is 0 Å². The van der Waals surface area contributed by atoms with Gasteiger partial charge in [0.1, 0.15) is 5.69 Å². The van der Waals surface area contributed by atoms with E-state index in [2.05, 4.69) is 10.5 Å². The Balaban J connectivity index is 1.77. The molecule has 2 heterocycles. The molecule has 2 aliphatic rings. The Hall–Kier alpha value is -1.11. The number of anilines is 1. The van der Waals surface area contributed by atoms with Crippen molar-refractivity contribution in [2.45, 2.75) is 25.8 Å². The third kappa shape index (κ3) is 2.97. The fraction of sp³-hybridized carbons (Fsp3) is 0.692. The van der Waals surface area contributed by atoms with Crippen molar-refractivity contribution >= 4 is 17.3 Å². The lowest BCUT2D eigenvalue weighted by Gasteiger charge is -2.28. The van der Waals surface area contributed by atoms with Gasteiger partial charge in [0.25, 0.3) is 5.56 Å². The van der Waals surface area contributed by atoms with Gasteiger partial charge in [-0.3, -0.25) is 4.79 Å². The normalized spacial score (nSPS) is 20.6. The number of nitrogens with zero attached hydrogens (tertiary/aromatic N) is 3. The Morgan fingerprint density at radius 3 is 2.80 bits per heavy atom. The molecular formula is C13H19ClN4O2. The summed E-state index contributed by atoms with van der Waals surface area (Å²) in [5, 5.41) is 6.47. The fourth-order valence-electron chi connectivity index (χ4n) is 2.45. The first-order chi connectivity index (χ1) is 9.74. The average molecular weight is 299 g/mol. The van der Waals surface area contributed by atoms with E-state index in [1.807, 2.05) is 5.01 Å². The molecule has 0 radical (unpaired) electrons. The lowest BCUT2D eigenvalue weighted by Crippen LogP contribution is -2.42. The van der Waals surface area contributed by atoms with Crippen LogP contribution < -0.4 is 11.0 Å². The molecule has 1 aliphatic heterocycles. The van der Waals surface area contributed by atoms with Gasteiger partial charge >= 0.3 is 0 Å². The van der Waals surface area contributed by atoms with E-state index in [4.69, 9.17) is 16.3 Å². The zero-order valence-corrected chi connectivity index (χ0v) is 12.1. The molecule has 20 heavy (non-hydrogen) atoms. The molecule has 0 bridgehead atoms. The molecule has 1 aromatic rings. The first kappa shape index (κ1) is 13.9. The van der Waals surface area contributed by atoms with Crippen LogP contribution in [-0.4, -0.2) is 41.1 Å². The molecule has 3 rings (SSSR count). The molecular weight excluding hydrogens is 280 g/mol. The Morgan fingerprint density at radius 2 is 2.15 bits per heavy atom. The number of hydrazine groups is 1. The highest BCUT2D eigenvalue weighted by atomic mass is 35.5. The summed E-state index contributed by atoms with van der Waals surface area (Å²) in [5.74, 6) is 0.581. The quantitative estimate of drug-likeness (QED) is 0.909. The minimum Gasteiger partial charge on any atom is -0.379 e. The predicted octanol–water partition coefficient (Wildman–Crippen LogP) is 1.36. The van der Waals surface area contributed by atoms with Gasteiger partial charge in [-0.2, -0.15) is 5.10 Å². The summed E-state index contributed by atoms with van der Waals surface area (Å²) in [7, 11) is 0. The molecule has 110 valence electrons. The smallest absolute Gasteiger partial charge is 0.292 e. The number of hydrogen-bond acceptors (Lipinski definition) is 5. The minimum absolute atomic E-state index is 0.143. The second-order valence-electron chi connectivity index (χ2n) is 5.36. The van der Waals surface area contributed by atoms with Crippen molar-refractivity contribution in [2.24, 2.45) is 5.92 Å². The van der Waals surface area contributed by atoms with Crippen molar-refractivity contribution in [1.29, 1.82) is 0 Å². The topological polar surface area (TPSA) is 59.4 Å². The van der Waals surface area contributed by atoms with E-state index in [0.717, 1.165) is 13.1 Å². The number of halogens is 1. The highest BCUT2D eigenvalue weighted by Crippen LogP contribution is 2.27. The molecule has 1 N–H and O–H groups in total. The van der Waals surface area contributed by atoms with Crippen molar-refractivity contribution in [3.63, 3.8) is 0 Å². The minimum atomic E-state index is -0.143. The summed E-state index contributed by atoms with van der Waals surface area (Å²) >= 11 is 6.11. The van der Waals surface area contributed by atoms with E-state index >= 15 is 0 Å². The van der Waals surface area contributed by atoms with Gasteiger partial charge in [-0.1, -0.05) is 18.0 Å². The van der Waals surface area contributed by atoms with Crippen LogP contribution in [0.1, 0.15) is 19.3 Å². The number of morpholine rings is 1. The van der Waals surface area contributed by atoms with Crippen LogP contribution in [0.2, 0.25) is 5.02 Å². The van der Waals surface area contributed by atoms with Crippen LogP contribution in [0.15, 0.2) is 11.0 Å². The van der Waals surface area contributed by atoms with Gasteiger partial charge in [0.2, 0.25) is 0 Å². The van der Waals surface area contributed by atoms with Crippen molar-refractivity contribution in [3.8, 4) is 0 Å². The van der Waals surface area contributed by atoms with E-state index in [-0.39, 0.29) is 5.56 Å². The van der Waals surface area contributed by atoms with Gasteiger partial charge < -0.3 is 10.2 Å². The van der Waals surface area contributed by atoms with Gasteiger partial charge in [0.15, 0.2) is 0 Å². The van der Waals surface area contributed by atoms with E-state index in [1.54, 1.807) is 6.20 Å². The van der Waals surface area contributed by atoms with Gasteiger partial charge in [-0.25, -0.2) is 9.69 Å². The van der Waals surface area contributed by atoms with E-state index in [1.165, 1.54) is 23.9 Å². The maximum absolute atomic E-state index is 12.4. The van der Waals surface area contributed by atoms with E-state index in [9.17, 15) is 4.79 Å². The van der Waals surface area contributed by atoms with E-state index < -0.39 is 0 Å². The second-order valence-corrected chi connectivity index (χ2v) is 5.77. The fourth-order valence-corrected chi connectivity index (χ4v) is 2.62. The van der Waals surface area contributed by atoms with Crippen molar-refractivity contribution < 1.29 is 4.74 Å². The summed E-state index contributed by atoms with van der Waals surface area (Å²) in [4.78, 5) is 12.4. The van der Waals surface area contributed by atoms with Crippen LogP contribution >= 0.6 is 11.6 Å². The first-order valence-electron chi connectivity index (χ1n) is 7.09. The lowest BCUT2D eigenvalue weighted by molar-refractivity contribution is 0.0496. The molecule has 0 amide bonds. The second kappa shape index (κ2) is 6.11. The summed E-state index contributed by atoms with van der Waals surface area (Å²) < 4.78 is 6.81. The molecule has 2 fully saturated rings. The Kier molecular flexibility index (Phi) is 4.24. The predicted molar refractivity (Wildman–Crippen MR) is 76.9 cm³/mol. The van der Waals surface area contributed by atoms with Gasteiger partial charge in [0, 0.05) is 19.6 Å². The molecule has 1 aliphatic carbocycles. The first-order valence-corrected chi connectivity index (χ1v) is 7.47.